The number of benzene rings is 1. The van der Waals surface area contributed by atoms with Gasteiger partial charge in [0.15, 0.2) is 0 Å². The highest BCUT2D eigenvalue weighted by Crippen LogP contribution is 2.22. The van der Waals surface area contributed by atoms with Crippen LogP contribution >= 0.6 is 0 Å². The lowest BCUT2D eigenvalue weighted by molar-refractivity contribution is 0.296. The van der Waals surface area contributed by atoms with Crippen molar-refractivity contribution in [3.63, 3.8) is 0 Å². The third-order valence-electron chi connectivity index (χ3n) is 3.55. The van der Waals surface area contributed by atoms with Crippen molar-refractivity contribution in [2.75, 3.05) is 38.6 Å². The number of nitrogens with zero attached hydrogens (tertiary/aromatic N) is 1. The van der Waals surface area contributed by atoms with Crippen LogP contribution in [0.1, 0.15) is 25.7 Å². The fourth-order valence-electron chi connectivity index (χ4n) is 2.50. The van der Waals surface area contributed by atoms with Gasteiger partial charge in [-0.05, 0) is 38.1 Å². The van der Waals surface area contributed by atoms with Crippen LogP contribution in [0, 0.1) is 0 Å². The molecule has 0 aliphatic carbocycles. The maximum atomic E-state index is 5.33. The molecule has 0 spiro atoms. The van der Waals surface area contributed by atoms with Gasteiger partial charge >= 0.3 is 0 Å². The predicted molar refractivity (Wildman–Crippen MR) is 76.4 cm³/mol. The minimum Gasteiger partial charge on any atom is -0.495 e. The van der Waals surface area contributed by atoms with Crippen molar-refractivity contribution >= 4 is 5.69 Å². The highest BCUT2D eigenvalue weighted by molar-refractivity contribution is 5.56. The molecule has 2 rings (SSSR count). The molecule has 100 valence electrons. The SMILES string of the molecule is COc1ccccc1NCCN1CCCCCC1. The van der Waals surface area contributed by atoms with Crippen molar-refractivity contribution in [1.29, 1.82) is 0 Å². The van der Waals surface area contributed by atoms with Crippen LogP contribution in [0.15, 0.2) is 24.3 Å². The Labute approximate surface area is 110 Å². The topological polar surface area (TPSA) is 24.5 Å². The van der Waals surface area contributed by atoms with E-state index in [0.717, 1.165) is 24.5 Å². The number of para-hydroxylation sites is 2. The van der Waals surface area contributed by atoms with Gasteiger partial charge in [0.2, 0.25) is 0 Å². The van der Waals surface area contributed by atoms with E-state index >= 15 is 0 Å². The molecule has 1 aliphatic heterocycles. The molecule has 0 aromatic heterocycles. The number of nitrogens with one attached hydrogen (secondary N) is 1. The zero-order valence-electron chi connectivity index (χ0n) is 11.3. The monoisotopic (exact) mass is 248 g/mol. The first-order valence-corrected chi connectivity index (χ1v) is 6.99. The van der Waals surface area contributed by atoms with Crippen LogP contribution in [-0.4, -0.2) is 38.2 Å². The number of rotatable bonds is 5. The van der Waals surface area contributed by atoms with E-state index < -0.39 is 0 Å². The van der Waals surface area contributed by atoms with E-state index in [0.29, 0.717) is 0 Å². The highest BCUT2D eigenvalue weighted by atomic mass is 16.5. The molecule has 0 bridgehead atoms. The second kappa shape index (κ2) is 7.27. The van der Waals surface area contributed by atoms with Crippen molar-refractivity contribution in [3.8, 4) is 5.75 Å². The van der Waals surface area contributed by atoms with Gasteiger partial charge in [-0.1, -0.05) is 25.0 Å². The summed E-state index contributed by atoms with van der Waals surface area (Å²) in [5, 5.41) is 3.47. The number of hydrogen-bond donors (Lipinski definition) is 1. The minimum atomic E-state index is 0.924. The Balaban J connectivity index is 1.77. The van der Waals surface area contributed by atoms with Crippen molar-refractivity contribution < 1.29 is 4.74 Å². The summed E-state index contributed by atoms with van der Waals surface area (Å²) in [7, 11) is 1.72. The predicted octanol–water partition coefficient (Wildman–Crippen LogP) is 2.98. The molecule has 0 amide bonds. The summed E-state index contributed by atoms with van der Waals surface area (Å²) in [6.45, 7) is 4.62. The molecule has 0 saturated carbocycles. The van der Waals surface area contributed by atoms with E-state index in [9.17, 15) is 0 Å². The van der Waals surface area contributed by atoms with Gasteiger partial charge in [0, 0.05) is 13.1 Å². The number of anilines is 1. The maximum Gasteiger partial charge on any atom is 0.141 e. The van der Waals surface area contributed by atoms with Gasteiger partial charge < -0.3 is 15.0 Å². The third-order valence-corrected chi connectivity index (χ3v) is 3.55. The summed E-state index contributed by atoms with van der Waals surface area (Å²) in [6.07, 6.45) is 5.51. The molecule has 3 heteroatoms. The molecular formula is C15H24N2O. The van der Waals surface area contributed by atoms with Crippen LogP contribution in [0.25, 0.3) is 0 Å². The van der Waals surface area contributed by atoms with Crippen molar-refractivity contribution in [2.24, 2.45) is 0 Å². The third kappa shape index (κ3) is 3.91. The number of hydrogen-bond acceptors (Lipinski definition) is 3. The standard InChI is InChI=1S/C15H24N2O/c1-18-15-9-5-4-8-14(15)16-10-13-17-11-6-2-3-7-12-17/h4-5,8-9,16H,2-3,6-7,10-13H2,1H3. The molecule has 1 aromatic carbocycles. The summed E-state index contributed by atoms with van der Waals surface area (Å²) in [5.74, 6) is 0.924. The lowest BCUT2D eigenvalue weighted by atomic mass is 10.2. The summed E-state index contributed by atoms with van der Waals surface area (Å²) in [4.78, 5) is 2.56. The highest BCUT2D eigenvalue weighted by Gasteiger charge is 2.08. The molecule has 3 nitrogen and oxygen atoms in total. The molecule has 18 heavy (non-hydrogen) atoms. The Morgan fingerprint density at radius 3 is 2.56 bits per heavy atom. The number of ether oxygens (including phenoxy) is 1. The van der Waals surface area contributed by atoms with Gasteiger partial charge in [0.25, 0.3) is 0 Å². The summed E-state index contributed by atoms with van der Waals surface area (Å²) < 4.78 is 5.33. The molecule has 1 aromatic rings. The molecule has 1 aliphatic rings. The maximum absolute atomic E-state index is 5.33. The average Bonchev–Trinajstić information content (AvgIpc) is 2.68. The summed E-state index contributed by atoms with van der Waals surface area (Å²) in [5.41, 5.74) is 1.09. The normalized spacial score (nSPS) is 17.2. The van der Waals surface area contributed by atoms with Gasteiger partial charge in [0.05, 0.1) is 12.8 Å². The minimum absolute atomic E-state index is 0.924. The van der Waals surface area contributed by atoms with Gasteiger partial charge in [0.1, 0.15) is 5.75 Å². The quantitative estimate of drug-likeness (QED) is 0.867. The van der Waals surface area contributed by atoms with E-state index in [-0.39, 0.29) is 0 Å². The second-order valence-corrected chi connectivity index (χ2v) is 4.88. The lowest BCUT2D eigenvalue weighted by Gasteiger charge is -2.20. The van der Waals surface area contributed by atoms with Gasteiger partial charge in [-0.15, -0.1) is 0 Å². The van der Waals surface area contributed by atoms with Crippen LogP contribution in [0.4, 0.5) is 5.69 Å². The van der Waals surface area contributed by atoms with Gasteiger partial charge in [-0.25, -0.2) is 0 Å². The Morgan fingerprint density at radius 1 is 1.11 bits per heavy atom. The number of methoxy groups -OCH3 is 1. The lowest BCUT2D eigenvalue weighted by Crippen LogP contribution is -2.30. The van der Waals surface area contributed by atoms with Gasteiger partial charge in [-0.3, -0.25) is 0 Å². The van der Waals surface area contributed by atoms with Crippen LogP contribution in [0.3, 0.4) is 0 Å². The smallest absolute Gasteiger partial charge is 0.141 e. The Bertz CT molecular complexity index is 346. The first kappa shape index (κ1) is 13.2. The first-order valence-electron chi connectivity index (χ1n) is 6.99. The number of likely N-dealkylation sites (tertiary alicyclic amines) is 1. The van der Waals surface area contributed by atoms with Crippen molar-refractivity contribution in [3.05, 3.63) is 24.3 Å². The Hall–Kier alpha value is -1.22. The van der Waals surface area contributed by atoms with Crippen LogP contribution in [0.2, 0.25) is 0 Å². The first-order chi connectivity index (χ1) is 8.90. The fourth-order valence-corrected chi connectivity index (χ4v) is 2.50. The molecule has 0 radical (unpaired) electrons. The molecular weight excluding hydrogens is 224 g/mol. The Kier molecular flexibility index (Phi) is 5.34. The Morgan fingerprint density at radius 2 is 1.83 bits per heavy atom. The van der Waals surface area contributed by atoms with Gasteiger partial charge in [-0.2, -0.15) is 0 Å². The molecule has 0 atom stereocenters. The van der Waals surface area contributed by atoms with Crippen molar-refractivity contribution in [2.45, 2.75) is 25.7 Å². The van der Waals surface area contributed by atoms with Crippen LogP contribution in [-0.2, 0) is 0 Å². The molecule has 1 fully saturated rings. The fraction of sp³-hybridized carbons (Fsp3) is 0.600. The van der Waals surface area contributed by atoms with E-state index in [1.807, 2.05) is 18.2 Å². The zero-order valence-corrected chi connectivity index (χ0v) is 11.3. The largest absolute Gasteiger partial charge is 0.495 e. The molecule has 0 unspecified atom stereocenters. The molecule has 1 heterocycles. The van der Waals surface area contributed by atoms with Crippen LogP contribution < -0.4 is 10.1 Å². The summed E-state index contributed by atoms with van der Waals surface area (Å²) >= 11 is 0. The average molecular weight is 248 g/mol. The van der Waals surface area contributed by atoms with E-state index in [1.54, 1.807) is 7.11 Å². The second-order valence-electron chi connectivity index (χ2n) is 4.88. The molecule has 1 N–H and O–H groups in total. The van der Waals surface area contributed by atoms with Crippen LogP contribution in [0.5, 0.6) is 5.75 Å². The molecule has 1 saturated heterocycles. The van der Waals surface area contributed by atoms with E-state index in [2.05, 4.69) is 16.3 Å². The van der Waals surface area contributed by atoms with E-state index in [4.69, 9.17) is 4.74 Å². The zero-order chi connectivity index (χ0) is 12.6. The van der Waals surface area contributed by atoms with E-state index in [1.165, 1.54) is 38.8 Å². The van der Waals surface area contributed by atoms with Crippen molar-refractivity contribution in [1.82, 2.24) is 4.90 Å². The summed E-state index contributed by atoms with van der Waals surface area (Å²) in [6, 6.07) is 8.10.